The van der Waals surface area contributed by atoms with E-state index in [-0.39, 0.29) is 12.5 Å². The van der Waals surface area contributed by atoms with E-state index >= 15 is 0 Å². The lowest BCUT2D eigenvalue weighted by molar-refractivity contribution is -0.870. The second kappa shape index (κ2) is 52.0. The minimum atomic E-state index is -4.61. The first-order valence-electron chi connectivity index (χ1n) is 28.7. The first kappa shape index (κ1) is 68.2. The van der Waals surface area contributed by atoms with Crippen LogP contribution in [0, 0.1) is 0 Å². The van der Waals surface area contributed by atoms with Gasteiger partial charge in [-0.05, 0) is 96.3 Å². The van der Waals surface area contributed by atoms with Crippen LogP contribution < -0.4 is 10.2 Å². The van der Waals surface area contributed by atoms with Gasteiger partial charge in [0.15, 0.2) is 0 Å². The largest absolute Gasteiger partial charge is 0.756 e. The molecule has 0 saturated heterocycles. The van der Waals surface area contributed by atoms with Crippen molar-refractivity contribution in [3.63, 3.8) is 0 Å². The van der Waals surface area contributed by atoms with Crippen LogP contribution in [0.5, 0.6) is 0 Å². The molecular formula is C62H109N2O6P. The van der Waals surface area contributed by atoms with E-state index in [9.17, 15) is 19.4 Å². The van der Waals surface area contributed by atoms with Gasteiger partial charge in [-0.25, -0.2) is 0 Å². The first-order valence-corrected chi connectivity index (χ1v) is 30.2. The molecule has 0 aromatic rings. The smallest absolute Gasteiger partial charge is 0.268 e. The van der Waals surface area contributed by atoms with E-state index in [4.69, 9.17) is 9.05 Å². The monoisotopic (exact) mass is 1010 g/mol. The molecule has 0 aliphatic heterocycles. The molecule has 0 aromatic carbocycles. The molecule has 408 valence electrons. The minimum absolute atomic E-state index is 0.0128. The number of unbranched alkanes of at least 4 members (excludes halogenated alkanes) is 22. The zero-order chi connectivity index (χ0) is 52.0. The maximum atomic E-state index is 12.9. The van der Waals surface area contributed by atoms with Gasteiger partial charge in [-0.3, -0.25) is 9.36 Å². The average Bonchev–Trinajstić information content (AvgIpc) is 3.33. The zero-order valence-corrected chi connectivity index (χ0v) is 47.3. The molecule has 0 rings (SSSR count). The van der Waals surface area contributed by atoms with Gasteiger partial charge in [-0.2, -0.15) is 0 Å². The number of phosphoric ester groups is 1. The molecule has 0 bridgehead atoms. The summed E-state index contributed by atoms with van der Waals surface area (Å²) in [6, 6.07) is -0.914. The summed E-state index contributed by atoms with van der Waals surface area (Å²) in [7, 11) is 1.23. The summed E-state index contributed by atoms with van der Waals surface area (Å²) in [5.41, 5.74) is 0. The van der Waals surface area contributed by atoms with Crippen molar-refractivity contribution in [1.82, 2.24) is 5.32 Å². The van der Waals surface area contributed by atoms with Gasteiger partial charge >= 0.3 is 0 Å². The van der Waals surface area contributed by atoms with Crippen LogP contribution in [0.2, 0.25) is 0 Å². The number of nitrogens with one attached hydrogen (secondary N) is 1. The van der Waals surface area contributed by atoms with Gasteiger partial charge in [-0.1, -0.05) is 232 Å². The summed E-state index contributed by atoms with van der Waals surface area (Å²) in [6.07, 6.45) is 76.0. The maximum absolute atomic E-state index is 12.9. The highest BCUT2D eigenvalue weighted by atomic mass is 31.2. The van der Waals surface area contributed by atoms with E-state index in [0.29, 0.717) is 17.4 Å². The lowest BCUT2D eigenvalue weighted by Gasteiger charge is -2.29. The van der Waals surface area contributed by atoms with Crippen molar-refractivity contribution in [1.29, 1.82) is 0 Å². The van der Waals surface area contributed by atoms with E-state index in [2.05, 4.69) is 116 Å². The minimum Gasteiger partial charge on any atom is -0.756 e. The number of rotatable bonds is 51. The number of amides is 1. The predicted octanol–water partition coefficient (Wildman–Crippen LogP) is 17.0. The van der Waals surface area contributed by atoms with Crippen molar-refractivity contribution in [3.8, 4) is 0 Å². The molecule has 71 heavy (non-hydrogen) atoms. The summed E-state index contributed by atoms with van der Waals surface area (Å²) >= 11 is 0. The summed E-state index contributed by atoms with van der Waals surface area (Å²) in [5, 5.41) is 13.8. The zero-order valence-electron chi connectivity index (χ0n) is 46.4. The van der Waals surface area contributed by atoms with Crippen LogP contribution in [0.15, 0.2) is 109 Å². The summed E-state index contributed by atoms with van der Waals surface area (Å²) < 4.78 is 23.3. The molecule has 0 aliphatic carbocycles. The van der Waals surface area contributed by atoms with E-state index in [1.807, 2.05) is 27.2 Å². The summed E-state index contributed by atoms with van der Waals surface area (Å²) in [4.78, 5) is 25.4. The number of quaternary nitrogens is 1. The molecule has 0 saturated carbocycles. The molecule has 0 spiro atoms. The molecule has 0 aliphatic rings. The quantitative estimate of drug-likeness (QED) is 0.0272. The van der Waals surface area contributed by atoms with Crippen molar-refractivity contribution in [2.45, 2.75) is 238 Å². The number of allylic oxidation sites excluding steroid dienone is 17. The maximum Gasteiger partial charge on any atom is 0.268 e. The third kappa shape index (κ3) is 54.8. The van der Waals surface area contributed by atoms with E-state index in [0.717, 1.165) is 89.9 Å². The Morgan fingerprint density at radius 2 is 0.873 bits per heavy atom. The van der Waals surface area contributed by atoms with Gasteiger partial charge in [-0.15, -0.1) is 0 Å². The molecule has 0 heterocycles. The Balaban J connectivity index is 4.09. The summed E-state index contributed by atoms with van der Waals surface area (Å²) in [6.45, 7) is 4.47. The summed E-state index contributed by atoms with van der Waals surface area (Å²) in [5.74, 6) is -0.215. The van der Waals surface area contributed by atoms with Crippen molar-refractivity contribution in [3.05, 3.63) is 109 Å². The highest BCUT2D eigenvalue weighted by molar-refractivity contribution is 7.45. The molecule has 3 unspecified atom stereocenters. The van der Waals surface area contributed by atoms with Crippen LogP contribution in [0.3, 0.4) is 0 Å². The van der Waals surface area contributed by atoms with Crippen LogP contribution in [0.1, 0.15) is 226 Å². The van der Waals surface area contributed by atoms with Crippen LogP contribution in [0.4, 0.5) is 0 Å². The van der Waals surface area contributed by atoms with Crippen LogP contribution >= 0.6 is 7.82 Å². The molecule has 0 aromatic heterocycles. The Morgan fingerprint density at radius 3 is 1.31 bits per heavy atom. The SMILES string of the molecule is CC/C=C\C/C=C\C/C=C\C/C=C\C/C=C\C/C=C\CCCCCCCCCCCCCCCCCCC(=O)NC(COP(=O)([O-])OCC[N+](C)(C)C)C(O)/C=C/CC/C=C/CC/C=C/CCCCCC. The topological polar surface area (TPSA) is 108 Å². The number of likely N-dealkylation sites (N-methyl/N-ethyl adjacent to an activating group) is 1. The Kier molecular flexibility index (Phi) is 50.0. The van der Waals surface area contributed by atoms with Crippen LogP contribution in [-0.4, -0.2) is 68.5 Å². The number of carbonyl (C=O) groups is 1. The van der Waals surface area contributed by atoms with Crippen molar-refractivity contribution in [2.24, 2.45) is 0 Å². The lowest BCUT2D eigenvalue weighted by atomic mass is 10.0. The third-order valence-corrected chi connectivity index (χ3v) is 13.2. The molecule has 0 fully saturated rings. The van der Waals surface area contributed by atoms with E-state index < -0.39 is 26.6 Å². The van der Waals surface area contributed by atoms with Gasteiger partial charge < -0.3 is 28.8 Å². The lowest BCUT2D eigenvalue weighted by Crippen LogP contribution is -2.45. The third-order valence-electron chi connectivity index (χ3n) is 12.2. The van der Waals surface area contributed by atoms with Gasteiger partial charge in [0.25, 0.3) is 7.82 Å². The fourth-order valence-corrected chi connectivity index (χ4v) is 8.44. The standard InChI is InChI=1S/C62H109N2O6P/c1-6-8-10-12-14-16-18-20-22-23-24-25-26-27-28-29-30-31-32-33-34-35-36-37-38-39-40-41-42-44-46-48-50-52-54-56-62(66)63-60(59-70-71(67,68)69-58-57-64(3,4)5)61(65)55-53-51-49-47-45-43-21-19-17-15-13-11-9-7-2/h8,10,14,16-17,19-20,22,24-25,27-28,30-31,45,47,53,55,60-61,65H,6-7,9,11-13,15,18,21,23,26,29,32-44,46,48-52,54,56-59H2,1-5H3,(H-,63,66,67,68)/b10-8-,16-14-,19-17+,22-20-,25-24-,28-27-,31-30-,47-45+,55-53+. The molecule has 0 radical (unpaired) electrons. The molecule has 8 nitrogen and oxygen atoms in total. The normalized spacial score (nSPS) is 14.7. The Labute approximate surface area is 438 Å². The Hall–Kier alpha value is -2.84. The number of nitrogens with zero attached hydrogens (tertiary/aromatic N) is 1. The predicted molar refractivity (Wildman–Crippen MR) is 306 cm³/mol. The highest BCUT2D eigenvalue weighted by Gasteiger charge is 2.23. The molecule has 9 heteroatoms. The number of hydrogen-bond acceptors (Lipinski definition) is 6. The fourth-order valence-electron chi connectivity index (χ4n) is 7.72. The van der Waals surface area contributed by atoms with Gasteiger partial charge in [0.05, 0.1) is 39.9 Å². The van der Waals surface area contributed by atoms with Crippen molar-refractivity contribution >= 4 is 13.7 Å². The number of carbonyl (C=O) groups excluding carboxylic acids is 1. The molecule has 3 atom stereocenters. The van der Waals surface area contributed by atoms with Crippen LogP contribution in [0.25, 0.3) is 0 Å². The van der Waals surface area contributed by atoms with Gasteiger partial charge in [0.2, 0.25) is 5.91 Å². The van der Waals surface area contributed by atoms with Gasteiger partial charge in [0.1, 0.15) is 13.2 Å². The first-order chi connectivity index (χ1) is 34.5. The van der Waals surface area contributed by atoms with Gasteiger partial charge in [0, 0.05) is 6.42 Å². The molecule has 1 amide bonds. The van der Waals surface area contributed by atoms with E-state index in [1.54, 1.807) is 6.08 Å². The van der Waals surface area contributed by atoms with Crippen molar-refractivity contribution < 1.29 is 32.9 Å². The second-order valence-corrected chi connectivity index (χ2v) is 21.7. The second-order valence-electron chi connectivity index (χ2n) is 20.2. The van der Waals surface area contributed by atoms with Crippen molar-refractivity contribution in [2.75, 3.05) is 40.9 Å². The Bertz CT molecular complexity index is 1520. The molecule has 2 N–H and O–H groups in total. The van der Waals surface area contributed by atoms with E-state index in [1.165, 1.54) is 116 Å². The number of aliphatic hydroxyl groups is 1. The fraction of sp³-hybridized carbons (Fsp3) is 0.694. The van der Waals surface area contributed by atoms with Crippen LogP contribution in [-0.2, 0) is 18.4 Å². The average molecular weight is 1010 g/mol. The Morgan fingerprint density at radius 1 is 0.507 bits per heavy atom. The number of aliphatic hydroxyl groups excluding tert-OH is 1. The molecular weight excluding hydrogens is 900 g/mol. The number of hydrogen-bond donors (Lipinski definition) is 2. The number of phosphoric acid groups is 1. The highest BCUT2D eigenvalue weighted by Crippen LogP contribution is 2.38.